The summed E-state index contributed by atoms with van der Waals surface area (Å²) in [6.45, 7) is 3.22. The molecule has 1 fully saturated rings. The molecule has 5 rings (SSSR count). The molecule has 2 aliphatic rings. The average molecular weight is 406 g/mol. The number of imide groups is 1. The number of nitrogens with one attached hydrogen (secondary N) is 2. The van der Waals surface area contributed by atoms with Crippen molar-refractivity contribution in [2.75, 3.05) is 20.2 Å². The maximum absolute atomic E-state index is 13.7. The summed E-state index contributed by atoms with van der Waals surface area (Å²) in [6, 6.07) is 8.66. The van der Waals surface area contributed by atoms with Crippen molar-refractivity contribution in [2.45, 2.75) is 25.5 Å². The molecule has 0 atom stereocenters. The summed E-state index contributed by atoms with van der Waals surface area (Å²) in [5.41, 5.74) is 1.51. The first-order chi connectivity index (χ1) is 14.5. The number of aryl methyl sites for hydroxylation is 1. The molecule has 0 radical (unpaired) electrons. The van der Waals surface area contributed by atoms with E-state index in [2.05, 4.69) is 15.5 Å². The van der Waals surface area contributed by atoms with Crippen molar-refractivity contribution >= 4 is 22.7 Å². The minimum Gasteiger partial charge on any atom is -0.497 e. The predicted molar refractivity (Wildman–Crippen MR) is 110 cm³/mol. The van der Waals surface area contributed by atoms with Crippen LogP contribution < -0.4 is 14.8 Å². The molecule has 2 aliphatic heterocycles. The first-order valence-corrected chi connectivity index (χ1v) is 9.93. The number of H-pyrrole nitrogens is 1. The Labute approximate surface area is 173 Å². The molecule has 3 heterocycles. The van der Waals surface area contributed by atoms with Gasteiger partial charge in [0.05, 0.1) is 24.4 Å². The highest BCUT2D eigenvalue weighted by Gasteiger charge is 2.51. The summed E-state index contributed by atoms with van der Waals surface area (Å²) in [7, 11) is 1.54. The molecule has 0 aliphatic carbocycles. The van der Waals surface area contributed by atoms with Crippen LogP contribution in [0.5, 0.6) is 11.5 Å². The minimum absolute atomic E-state index is 0.327. The van der Waals surface area contributed by atoms with Crippen LogP contribution in [0.15, 0.2) is 36.5 Å². The van der Waals surface area contributed by atoms with E-state index < -0.39 is 5.72 Å². The van der Waals surface area contributed by atoms with E-state index in [0.717, 1.165) is 16.5 Å². The summed E-state index contributed by atoms with van der Waals surface area (Å²) in [6.07, 6.45) is 2.71. The zero-order valence-corrected chi connectivity index (χ0v) is 16.8. The second-order valence-corrected chi connectivity index (χ2v) is 7.73. The van der Waals surface area contributed by atoms with Crippen molar-refractivity contribution in [3.63, 3.8) is 0 Å². The lowest BCUT2D eigenvalue weighted by atomic mass is 9.94. The smallest absolute Gasteiger partial charge is 0.267 e. The van der Waals surface area contributed by atoms with E-state index in [-0.39, 0.29) is 11.8 Å². The summed E-state index contributed by atoms with van der Waals surface area (Å²) >= 11 is 0. The number of rotatable bonds is 2. The van der Waals surface area contributed by atoms with Gasteiger partial charge in [-0.3, -0.25) is 14.7 Å². The Hall–Kier alpha value is -3.39. The normalized spacial score (nSPS) is 17.7. The Balaban J connectivity index is 1.64. The van der Waals surface area contributed by atoms with Crippen molar-refractivity contribution in [2.24, 2.45) is 0 Å². The van der Waals surface area contributed by atoms with Crippen molar-refractivity contribution in [1.29, 1.82) is 0 Å². The molecule has 2 N–H and O–H groups in total. The zero-order chi connectivity index (χ0) is 20.9. The number of piperidine rings is 1. The fraction of sp³-hybridized carbons (Fsp3) is 0.318. The SMILES string of the molecule is COc1ccc2c(c1)C(=O)N(C(=O)c1cc(C)c3[nH]ncc3c1)C1(CCNCC1)O2. The first kappa shape index (κ1) is 18.6. The summed E-state index contributed by atoms with van der Waals surface area (Å²) in [5.74, 6) is 0.275. The van der Waals surface area contributed by atoms with Crippen LogP contribution in [-0.2, 0) is 0 Å². The van der Waals surface area contributed by atoms with E-state index in [4.69, 9.17) is 9.47 Å². The molecule has 2 amide bonds. The van der Waals surface area contributed by atoms with Crippen LogP contribution in [0.4, 0.5) is 0 Å². The predicted octanol–water partition coefficient (Wildman–Crippen LogP) is 2.63. The lowest BCUT2D eigenvalue weighted by Crippen LogP contribution is -2.64. The van der Waals surface area contributed by atoms with Crippen molar-refractivity contribution < 1.29 is 19.1 Å². The van der Waals surface area contributed by atoms with Crippen LogP contribution in [0.3, 0.4) is 0 Å². The highest BCUT2D eigenvalue weighted by Crippen LogP contribution is 2.40. The Morgan fingerprint density at radius 2 is 2.03 bits per heavy atom. The highest BCUT2D eigenvalue weighted by atomic mass is 16.5. The maximum Gasteiger partial charge on any atom is 0.267 e. The van der Waals surface area contributed by atoms with Gasteiger partial charge in [0.15, 0.2) is 5.72 Å². The van der Waals surface area contributed by atoms with Crippen LogP contribution in [0.25, 0.3) is 10.9 Å². The Morgan fingerprint density at radius 3 is 2.80 bits per heavy atom. The molecular formula is C22H22N4O4. The van der Waals surface area contributed by atoms with Gasteiger partial charge in [0, 0.05) is 36.9 Å². The van der Waals surface area contributed by atoms with Gasteiger partial charge in [-0.25, -0.2) is 4.90 Å². The number of amides is 2. The van der Waals surface area contributed by atoms with E-state index in [1.807, 2.05) is 6.92 Å². The van der Waals surface area contributed by atoms with E-state index >= 15 is 0 Å². The number of aromatic nitrogens is 2. The van der Waals surface area contributed by atoms with Gasteiger partial charge in [0.1, 0.15) is 11.5 Å². The minimum atomic E-state index is -1.01. The van der Waals surface area contributed by atoms with E-state index in [9.17, 15) is 9.59 Å². The molecule has 2 aromatic carbocycles. The number of methoxy groups -OCH3 is 1. The molecule has 154 valence electrons. The van der Waals surface area contributed by atoms with E-state index in [0.29, 0.717) is 48.6 Å². The van der Waals surface area contributed by atoms with E-state index in [1.54, 1.807) is 36.5 Å². The van der Waals surface area contributed by atoms with Crippen molar-refractivity contribution in [3.8, 4) is 11.5 Å². The maximum atomic E-state index is 13.7. The number of nitrogens with zero attached hydrogens (tertiary/aromatic N) is 2. The van der Waals surface area contributed by atoms with Gasteiger partial charge in [0.2, 0.25) is 0 Å². The molecule has 1 saturated heterocycles. The van der Waals surface area contributed by atoms with Gasteiger partial charge in [-0.15, -0.1) is 0 Å². The van der Waals surface area contributed by atoms with Crippen LogP contribution in [-0.4, -0.2) is 52.8 Å². The molecular weight excluding hydrogens is 384 g/mol. The fourth-order valence-corrected chi connectivity index (χ4v) is 4.36. The van der Waals surface area contributed by atoms with E-state index in [1.165, 1.54) is 12.0 Å². The zero-order valence-electron chi connectivity index (χ0n) is 16.8. The van der Waals surface area contributed by atoms with Crippen LogP contribution in [0.2, 0.25) is 0 Å². The first-order valence-electron chi connectivity index (χ1n) is 9.93. The third kappa shape index (κ3) is 2.75. The van der Waals surface area contributed by atoms with Gasteiger partial charge in [-0.05, 0) is 42.8 Å². The molecule has 8 heteroatoms. The summed E-state index contributed by atoms with van der Waals surface area (Å²) in [4.78, 5) is 28.6. The Bertz CT molecular complexity index is 1160. The van der Waals surface area contributed by atoms with Gasteiger partial charge in [-0.1, -0.05) is 0 Å². The quantitative estimate of drug-likeness (QED) is 0.635. The average Bonchev–Trinajstić information content (AvgIpc) is 3.23. The van der Waals surface area contributed by atoms with Gasteiger partial charge < -0.3 is 14.8 Å². The second kappa shape index (κ2) is 6.84. The molecule has 0 bridgehead atoms. The lowest BCUT2D eigenvalue weighted by molar-refractivity contribution is -0.0776. The Kier molecular flexibility index (Phi) is 4.25. The van der Waals surface area contributed by atoms with Crippen LogP contribution in [0.1, 0.15) is 39.1 Å². The number of fused-ring (bicyclic) bond motifs is 2. The topological polar surface area (TPSA) is 96.5 Å². The highest BCUT2D eigenvalue weighted by molar-refractivity contribution is 6.13. The van der Waals surface area contributed by atoms with Gasteiger partial charge in [0.25, 0.3) is 11.8 Å². The standard InChI is InChI=1S/C22H22N4O4/c1-13-9-14(10-15-12-24-25-19(13)15)20(27)26-21(28)17-11-16(29-2)3-4-18(17)30-22(26)5-7-23-8-6-22/h3-4,9-12,23H,5-8H2,1-2H3,(H,24,25). The molecule has 8 nitrogen and oxygen atoms in total. The molecule has 1 aromatic heterocycles. The molecule has 3 aromatic rings. The monoisotopic (exact) mass is 406 g/mol. The third-order valence-electron chi connectivity index (χ3n) is 5.91. The van der Waals surface area contributed by atoms with Crippen LogP contribution in [0, 0.1) is 6.92 Å². The molecule has 1 spiro atoms. The van der Waals surface area contributed by atoms with Crippen molar-refractivity contribution in [1.82, 2.24) is 20.4 Å². The number of benzene rings is 2. The number of aromatic amines is 1. The molecule has 0 saturated carbocycles. The van der Waals surface area contributed by atoms with Gasteiger partial charge in [-0.2, -0.15) is 5.10 Å². The number of hydrogen-bond acceptors (Lipinski definition) is 6. The summed E-state index contributed by atoms with van der Waals surface area (Å²) in [5, 5.41) is 11.1. The van der Waals surface area contributed by atoms with Crippen molar-refractivity contribution in [3.05, 3.63) is 53.2 Å². The number of carbonyl (C=O) groups excluding carboxylic acids is 2. The Morgan fingerprint density at radius 1 is 1.23 bits per heavy atom. The summed E-state index contributed by atoms with van der Waals surface area (Å²) < 4.78 is 11.6. The lowest BCUT2D eigenvalue weighted by Gasteiger charge is -2.47. The number of hydrogen-bond donors (Lipinski definition) is 2. The molecule has 30 heavy (non-hydrogen) atoms. The van der Waals surface area contributed by atoms with Crippen LogP contribution >= 0.6 is 0 Å². The fourth-order valence-electron chi connectivity index (χ4n) is 4.36. The van der Waals surface area contributed by atoms with Gasteiger partial charge >= 0.3 is 0 Å². The number of ether oxygens (including phenoxy) is 2. The third-order valence-corrected chi connectivity index (χ3v) is 5.91. The largest absolute Gasteiger partial charge is 0.497 e. The number of carbonyl (C=O) groups is 2. The second-order valence-electron chi connectivity index (χ2n) is 7.73. The molecule has 0 unspecified atom stereocenters.